The highest BCUT2D eigenvalue weighted by Crippen LogP contribution is 2.39. The molecule has 3 rings (SSSR count). The van der Waals surface area contributed by atoms with Crippen LogP contribution in [-0.2, 0) is 6.54 Å². The van der Waals surface area contributed by atoms with Crippen LogP contribution in [0.4, 0.5) is 5.69 Å². The Hall–Kier alpha value is -1.03. The van der Waals surface area contributed by atoms with Crippen LogP contribution < -0.4 is 5.73 Å². The van der Waals surface area contributed by atoms with Gasteiger partial charge in [0.05, 0.1) is 5.56 Å². The molecular formula is C13H15BrN2O. The first-order chi connectivity index (χ1) is 8.08. The zero-order chi connectivity index (χ0) is 12.2. The van der Waals surface area contributed by atoms with Crippen LogP contribution in [0.3, 0.4) is 0 Å². The van der Waals surface area contributed by atoms with Gasteiger partial charge in [-0.05, 0) is 43.4 Å². The van der Waals surface area contributed by atoms with Crippen molar-refractivity contribution in [1.82, 2.24) is 4.90 Å². The molecule has 1 fully saturated rings. The van der Waals surface area contributed by atoms with Gasteiger partial charge in [-0.1, -0.05) is 15.9 Å². The molecule has 1 saturated carbocycles. The summed E-state index contributed by atoms with van der Waals surface area (Å²) in [4.78, 5) is 14.3. The molecule has 2 N–H and O–H groups in total. The average molecular weight is 295 g/mol. The fourth-order valence-electron chi connectivity index (χ4n) is 2.63. The lowest BCUT2D eigenvalue weighted by Crippen LogP contribution is -2.34. The summed E-state index contributed by atoms with van der Waals surface area (Å²) in [6.07, 6.45) is 2.50. The molecule has 1 aromatic rings. The first-order valence-corrected chi connectivity index (χ1v) is 6.76. The molecule has 2 aliphatic rings. The molecule has 1 atom stereocenters. The van der Waals surface area contributed by atoms with Crippen LogP contribution in [0.5, 0.6) is 0 Å². The Morgan fingerprint density at radius 3 is 2.82 bits per heavy atom. The van der Waals surface area contributed by atoms with Crippen LogP contribution in [0.25, 0.3) is 0 Å². The Morgan fingerprint density at radius 1 is 1.47 bits per heavy atom. The molecule has 1 aromatic carbocycles. The van der Waals surface area contributed by atoms with Crippen molar-refractivity contribution in [3.05, 3.63) is 27.7 Å². The Morgan fingerprint density at radius 2 is 2.18 bits per heavy atom. The second-order valence-electron chi connectivity index (χ2n) is 5.04. The lowest BCUT2D eigenvalue weighted by atomic mass is 10.1. The van der Waals surface area contributed by atoms with Gasteiger partial charge in [0.25, 0.3) is 5.91 Å². The Bertz CT molecular complexity index is 496. The molecular weight excluding hydrogens is 280 g/mol. The fraction of sp³-hybridized carbons (Fsp3) is 0.462. The molecule has 90 valence electrons. The molecule has 0 unspecified atom stereocenters. The number of hydrogen-bond donors (Lipinski definition) is 1. The summed E-state index contributed by atoms with van der Waals surface area (Å²) in [5.74, 6) is 0.794. The number of nitrogens with two attached hydrogens (primary N) is 1. The number of anilines is 1. The SMILES string of the molecule is C[C@@H](C1CC1)N1Cc2cc(Br)cc(N)c2C1=O. The summed E-state index contributed by atoms with van der Waals surface area (Å²) in [6.45, 7) is 2.85. The summed E-state index contributed by atoms with van der Waals surface area (Å²) in [5.41, 5.74) is 8.29. The number of rotatable bonds is 2. The molecule has 4 heteroatoms. The van der Waals surface area contributed by atoms with Crippen LogP contribution in [0.1, 0.15) is 35.7 Å². The minimum atomic E-state index is 0.101. The normalized spacial score (nSPS) is 20.6. The highest BCUT2D eigenvalue weighted by atomic mass is 79.9. The Kier molecular flexibility index (Phi) is 2.43. The van der Waals surface area contributed by atoms with Gasteiger partial charge in [0.15, 0.2) is 0 Å². The maximum atomic E-state index is 12.3. The molecule has 0 radical (unpaired) electrons. The van der Waals surface area contributed by atoms with E-state index in [1.165, 1.54) is 12.8 Å². The standard InChI is InChI=1S/C13H15BrN2O/c1-7(8-2-3-8)16-6-9-4-10(14)5-11(15)12(9)13(16)17/h4-5,7-8H,2-3,6,15H2,1H3/t7-/m0/s1. The molecule has 0 aromatic heterocycles. The number of fused-ring (bicyclic) bond motifs is 1. The maximum absolute atomic E-state index is 12.3. The summed E-state index contributed by atoms with van der Waals surface area (Å²) in [5, 5.41) is 0. The van der Waals surface area contributed by atoms with Crippen molar-refractivity contribution in [1.29, 1.82) is 0 Å². The second-order valence-corrected chi connectivity index (χ2v) is 5.96. The van der Waals surface area contributed by atoms with Crippen molar-refractivity contribution in [2.24, 2.45) is 5.92 Å². The molecule has 0 spiro atoms. The van der Waals surface area contributed by atoms with Gasteiger partial charge in [-0.2, -0.15) is 0 Å². The molecule has 1 aliphatic carbocycles. The number of hydrogen-bond acceptors (Lipinski definition) is 2. The van der Waals surface area contributed by atoms with E-state index in [1.807, 2.05) is 17.0 Å². The largest absolute Gasteiger partial charge is 0.398 e. The molecule has 17 heavy (non-hydrogen) atoms. The van der Waals surface area contributed by atoms with Crippen LogP contribution in [-0.4, -0.2) is 16.8 Å². The van der Waals surface area contributed by atoms with E-state index in [2.05, 4.69) is 22.9 Å². The van der Waals surface area contributed by atoms with Gasteiger partial charge < -0.3 is 10.6 Å². The maximum Gasteiger partial charge on any atom is 0.256 e. The predicted octanol–water partition coefficient (Wildman–Crippen LogP) is 2.79. The number of nitrogen functional groups attached to an aromatic ring is 1. The molecule has 3 nitrogen and oxygen atoms in total. The lowest BCUT2D eigenvalue weighted by Gasteiger charge is -2.23. The van der Waals surface area contributed by atoms with E-state index in [0.717, 1.165) is 10.0 Å². The molecule has 1 amide bonds. The van der Waals surface area contributed by atoms with Crippen molar-refractivity contribution < 1.29 is 4.79 Å². The van der Waals surface area contributed by atoms with Gasteiger partial charge in [-0.3, -0.25) is 4.79 Å². The van der Waals surface area contributed by atoms with E-state index in [9.17, 15) is 4.79 Å². The number of halogens is 1. The zero-order valence-electron chi connectivity index (χ0n) is 9.74. The summed E-state index contributed by atoms with van der Waals surface area (Å²) < 4.78 is 0.947. The number of carbonyl (C=O) groups excluding carboxylic acids is 1. The number of benzene rings is 1. The van der Waals surface area contributed by atoms with Gasteiger partial charge in [0.1, 0.15) is 0 Å². The third kappa shape index (κ3) is 1.75. The van der Waals surface area contributed by atoms with E-state index in [4.69, 9.17) is 5.73 Å². The fourth-order valence-corrected chi connectivity index (χ4v) is 3.16. The quantitative estimate of drug-likeness (QED) is 0.853. The zero-order valence-corrected chi connectivity index (χ0v) is 11.3. The molecule has 1 aliphatic heterocycles. The first kappa shape index (κ1) is 11.1. The van der Waals surface area contributed by atoms with Gasteiger partial charge in [0.2, 0.25) is 0 Å². The van der Waals surface area contributed by atoms with Crippen LogP contribution in [0.15, 0.2) is 16.6 Å². The predicted molar refractivity (Wildman–Crippen MR) is 70.6 cm³/mol. The van der Waals surface area contributed by atoms with Gasteiger partial charge in [-0.25, -0.2) is 0 Å². The minimum absolute atomic E-state index is 0.101. The van der Waals surface area contributed by atoms with E-state index in [1.54, 1.807) is 0 Å². The van der Waals surface area contributed by atoms with Gasteiger partial charge in [-0.15, -0.1) is 0 Å². The smallest absolute Gasteiger partial charge is 0.256 e. The van der Waals surface area contributed by atoms with E-state index >= 15 is 0 Å². The van der Waals surface area contributed by atoms with Gasteiger partial charge in [0, 0.05) is 22.7 Å². The van der Waals surface area contributed by atoms with Crippen LogP contribution >= 0.6 is 15.9 Å². The van der Waals surface area contributed by atoms with Crippen molar-refractivity contribution in [2.45, 2.75) is 32.4 Å². The van der Waals surface area contributed by atoms with Crippen molar-refractivity contribution in [2.75, 3.05) is 5.73 Å². The second kappa shape index (κ2) is 3.73. The summed E-state index contributed by atoms with van der Waals surface area (Å²) >= 11 is 3.42. The van der Waals surface area contributed by atoms with Crippen LogP contribution in [0, 0.1) is 5.92 Å². The third-order valence-corrected chi connectivity index (χ3v) is 4.28. The average Bonchev–Trinajstić information content (AvgIpc) is 3.03. The molecule has 0 bridgehead atoms. The van der Waals surface area contributed by atoms with Gasteiger partial charge >= 0.3 is 0 Å². The van der Waals surface area contributed by atoms with Crippen molar-refractivity contribution in [3.8, 4) is 0 Å². The van der Waals surface area contributed by atoms with Crippen molar-refractivity contribution in [3.63, 3.8) is 0 Å². The molecule has 0 saturated heterocycles. The lowest BCUT2D eigenvalue weighted by molar-refractivity contribution is 0.0698. The molecule has 1 heterocycles. The first-order valence-electron chi connectivity index (χ1n) is 5.97. The monoisotopic (exact) mass is 294 g/mol. The third-order valence-electron chi connectivity index (χ3n) is 3.83. The van der Waals surface area contributed by atoms with E-state index in [0.29, 0.717) is 29.8 Å². The minimum Gasteiger partial charge on any atom is -0.398 e. The highest BCUT2D eigenvalue weighted by molar-refractivity contribution is 9.10. The number of nitrogens with zero attached hydrogens (tertiary/aromatic N) is 1. The van der Waals surface area contributed by atoms with E-state index < -0.39 is 0 Å². The summed E-state index contributed by atoms with van der Waals surface area (Å²) in [6, 6.07) is 4.15. The Labute approximate surface area is 109 Å². The summed E-state index contributed by atoms with van der Waals surface area (Å²) in [7, 11) is 0. The number of amides is 1. The highest BCUT2D eigenvalue weighted by Gasteiger charge is 2.39. The van der Waals surface area contributed by atoms with Crippen molar-refractivity contribution >= 4 is 27.5 Å². The Balaban J connectivity index is 1.96. The van der Waals surface area contributed by atoms with E-state index in [-0.39, 0.29) is 5.91 Å². The topological polar surface area (TPSA) is 46.3 Å². The number of carbonyl (C=O) groups is 1. The van der Waals surface area contributed by atoms with Crippen LogP contribution in [0.2, 0.25) is 0 Å².